The molecule has 0 aliphatic carbocycles. The lowest BCUT2D eigenvalue weighted by Crippen LogP contribution is -2.30. The summed E-state index contributed by atoms with van der Waals surface area (Å²) in [6.07, 6.45) is 1.61. The summed E-state index contributed by atoms with van der Waals surface area (Å²) < 4.78 is 33.4. The van der Waals surface area contributed by atoms with Crippen LogP contribution in [0.1, 0.15) is 35.5 Å². The number of hydrogen-bond acceptors (Lipinski definition) is 6. The molecule has 0 atom stereocenters. The highest BCUT2D eigenvalue weighted by Gasteiger charge is 2.24. The molecular weight excluding hydrogens is 442 g/mol. The average molecular weight is 464 g/mol. The number of nitrogens with zero attached hydrogens (tertiary/aromatic N) is 3. The van der Waals surface area contributed by atoms with Gasteiger partial charge >= 0.3 is 5.97 Å². The molecule has 8 nitrogen and oxygen atoms in total. The molecule has 3 rings (SSSR count). The number of sulfonamides is 1. The third kappa shape index (κ3) is 4.63. The predicted octanol–water partition coefficient (Wildman–Crippen LogP) is 3.04. The maximum atomic E-state index is 12.7. The second-order valence-corrected chi connectivity index (χ2v) is 9.12. The van der Waals surface area contributed by atoms with Crippen LogP contribution < -0.4 is 5.56 Å². The molecule has 2 aromatic heterocycles. The van der Waals surface area contributed by atoms with Gasteiger partial charge in [-0.2, -0.15) is 4.31 Å². The number of aromatic nitrogens is 2. The van der Waals surface area contributed by atoms with Crippen molar-refractivity contribution < 1.29 is 17.9 Å². The fraction of sp³-hybridized carbons (Fsp3) is 0.286. The van der Waals surface area contributed by atoms with Crippen molar-refractivity contribution in [2.45, 2.75) is 32.3 Å². The summed E-state index contributed by atoms with van der Waals surface area (Å²) in [5, 5.41) is 0.0610. The van der Waals surface area contributed by atoms with Crippen molar-refractivity contribution in [1.29, 1.82) is 0 Å². The third-order valence-electron chi connectivity index (χ3n) is 4.79. The van der Waals surface area contributed by atoms with E-state index in [-0.39, 0.29) is 33.3 Å². The second-order valence-electron chi connectivity index (χ2n) is 6.78. The predicted molar refractivity (Wildman–Crippen MR) is 117 cm³/mol. The molecule has 0 spiro atoms. The first kappa shape index (κ1) is 22.9. The zero-order chi connectivity index (χ0) is 22.8. The Morgan fingerprint density at radius 3 is 2.58 bits per heavy atom. The molecule has 0 radical (unpaired) electrons. The molecule has 0 unspecified atom stereocenters. The molecule has 2 heterocycles. The van der Waals surface area contributed by atoms with Gasteiger partial charge in [0.25, 0.3) is 5.56 Å². The number of benzene rings is 1. The van der Waals surface area contributed by atoms with Crippen LogP contribution in [0.4, 0.5) is 0 Å². The van der Waals surface area contributed by atoms with Crippen LogP contribution in [0.25, 0.3) is 5.65 Å². The first-order valence-electron chi connectivity index (χ1n) is 9.63. The summed E-state index contributed by atoms with van der Waals surface area (Å²) in [4.78, 5) is 29.2. The number of esters is 1. The van der Waals surface area contributed by atoms with Crippen LogP contribution in [0.3, 0.4) is 0 Å². The fourth-order valence-corrected chi connectivity index (χ4v) is 4.81. The minimum Gasteiger partial charge on any atom is -0.456 e. The summed E-state index contributed by atoms with van der Waals surface area (Å²) in [6, 6.07) is 8.74. The van der Waals surface area contributed by atoms with Crippen molar-refractivity contribution in [3.63, 3.8) is 0 Å². The van der Waals surface area contributed by atoms with E-state index in [2.05, 4.69) is 4.98 Å². The molecule has 10 heteroatoms. The van der Waals surface area contributed by atoms with Crippen LogP contribution in [-0.4, -0.2) is 41.2 Å². The molecule has 0 bridgehead atoms. The first-order chi connectivity index (χ1) is 14.7. The van der Waals surface area contributed by atoms with E-state index in [4.69, 9.17) is 16.3 Å². The molecule has 0 saturated carbocycles. The molecule has 164 valence electrons. The quantitative estimate of drug-likeness (QED) is 0.499. The maximum absolute atomic E-state index is 12.7. The summed E-state index contributed by atoms with van der Waals surface area (Å²) in [6.45, 7) is 5.61. The Bertz CT molecular complexity index is 1300. The average Bonchev–Trinajstić information content (AvgIpc) is 2.73. The number of carbonyl (C=O) groups excluding carboxylic acids is 1. The minimum absolute atomic E-state index is 0.0507. The van der Waals surface area contributed by atoms with Crippen LogP contribution >= 0.6 is 11.6 Å². The standard InChI is InChI=1S/C21H22ClN3O5S/c1-4-24(5-2)31(28,29)16-8-9-18(22)17(12-16)21(27)30-13-15-11-19(26)25-10-6-7-14(3)20(25)23-15/h6-12H,4-5,13H2,1-3H3. The summed E-state index contributed by atoms with van der Waals surface area (Å²) in [5.41, 5.74) is 1.15. The number of rotatable bonds is 7. The molecule has 0 N–H and O–H groups in total. The van der Waals surface area contributed by atoms with Gasteiger partial charge in [0.1, 0.15) is 12.3 Å². The molecule has 0 aliphatic heterocycles. The highest BCUT2D eigenvalue weighted by atomic mass is 35.5. The number of carbonyl (C=O) groups is 1. The third-order valence-corrected chi connectivity index (χ3v) is 7.17. The highest BCUT2D eigenvalue weighted by molar-refractivity contribution is 7.89. The molecule has 1 aromatic carbocycles. The van der Waals surface area contributed by atoms with E-state index in [9.17, 15) is 18.0 Å². The first-order valence-corrected chi connectivity index (χ1v) is 11.5. The van der Waals surface area contributed by atoms with Gasteiger partial charge in [-0.15, -0.1) is 0 Å². The highest BCUT2D eigenvalue weighted by Crippen LogP contribution is 2.24. The Morgan fingerprint density at radius 2 is 1.90 bits per heavy atom. The topological polar surface area (TPSA) is 98.0 Å². The van der Waals surface area contributed by atoms with Crippen molar-refractivity contribution in [1.82, 2.24) is 13.7 Å². The van der Waals surface area contributed by atoms with E-state index in [1.165, 1.54) is 33.0 Å². The molecular formula is C21H22ClN3O5S. The van der Waals surface area contributed by atoms with Gasteiger partial charge in [0.15, 0.2) is 0 Å². The zero-order valence-electron chi connectivity index (χ0n) is 17.3. The second kappa shape index (κ2) is 9.17. The summed E-state index contributed by atoms with van der Waals surface area (Å²) in [7, 11) is -3.77. The van der Waals surface area contributed by atoms with E-state index in [0.29, 0.717) is 18.7 Å². The summed E-state index contributed by atoms with van der Waals surface area (Å²) in [5.74, 6) is -0.812. The lowest BCUT2D eigenvalue weighted by molar-refractivity contribution is 0.0467. The lowest BCUT2D eigenvalue weighted by atomic mass is 10.2. The number of ether oxygens (including phenoxy) is 1. The molecule has 0 amide bonds. The Balaban J connectivity index is 1.87. The molecule has 0 saturated heterocycles. The van der Waals surface area contributed by atoms with Crippen molar-refractivity contribution in [2.75, 3.05) is 13.1 Å². The van der Waals surface area contributed by atoms with Gasteiger partial charge in [-0.3, -0.25) is 9.20 Å². The Kier molecular flexibility index (Phi) is 6.78. The monoisotopic (exact) mass is 463 g/mol. The van der Waals surface area contributed by atoms with Gasteiger partial charge in [-0.25, -0.2) is 18.2 Å². The van der Waals surface area contributed by atoms with Crippen LogP contribution in [-0.2, 0) is 21.4 Å². The van der Waals surface area contributed by atoms with E-state index in [1.807, 2.05) is 13.0 Å². The van der Waals surface area contributed by atoms with Gasteiger partial charge in [0.05, 0.1) is 21.2 Å². The largest absolute Gasteiger partial charge is 0.456 e. The van der Waals surface area contributed by atoms with Crippen molar-refractivity contribution >= 4 is 33.2 Å². The Hall–Kier alpha value is -2.75. The molecule has 0 aliphatic rings. The van der Waals surface area contributed by atoms with E-state index in [0.717, 1.165) is 5.56 Å². The zero-order valence-corrected chi connectivity index (χ0v) is 18.9. The molecule has 0 fully saturated rings. The van der Waals surface area contributed by atoms with Crippen LogP contribution in [0, 0.1) is 6.92 Å². The van der Waals surface area contributed by atoms with Crippen molar-refractivity contribution in [3.8, 4) is 0 Å². The summed E-state index contributed by atoms with van der Waals surface area (Å²) >= 11 is 6.12. The number of hydrogen-bond donors (Lipinski definition) is 0. The van der Waals surface area contributed by atoms with Gasteiger partial charge in [-0.05, 0) is 36.8 Å². The Labute approximate surface area is 185 Å². The van der Waals surface area contributed by atoms with Crippen LogP contribution in [0.2, 0.25) is 5.02 Å². The van der Waals surface area contributed by atoms with Crippen molar-refractivity contribution in [3.05, 3.63) is 74.8 Å². The van der Waals surface area contributed by atoms with Crippen molar-refractivity contribution in [2.24, 2.45) is 0 Å². The van der Waals surface area contributed by atoms with E-state index in [1.54, 1.807) is 26.1 Å². The van der Waals surface area contributed by atoms with Gasteiger partial charge in [-0.1, -0.05) is 31.5 Å². The van der Waals surface area contributed by atoms with Crippen LogP contribution in [0.5, 0.6) is 0 Å². The smallest absolute Gasteiger partial charge is 0.340 e. The van der Waals surface area contributed by atoms with Gasteiger partial charge in [0, 0.05) is 25.4 Å². The SMILES string of the molecule is CCN(CC)S(=O)(=O)c1ccc(Cl)c(C(=O)OCc2cc(=O)n3cccc(C)c3n2)c1. The van der Waals surface area contributed by atoms with E-state index < -0.39 is 16.0 Å². The number of aryl methyl sites for hydroxylation is 1. The van der Waals surface area contributed by atoms with Gasteiger partial charge < -0.3 is 4.74 Å². The normalized spacial score (nSPS) is 11.8. The number of pyridine rings is 1. The Morgan fingerprint density at radius 1 is 1.19 bits per heavy atom. The minimum atomic E-state index is -3.77. The number of fused-ring (bicyclic) bond motifs is 1. The van der Waals surface area contributed by atoms with E-state index >= 15 is 0 Å². The van der Waals surface area contributed by atoms with Gasteiger partial charge in [0.2, 0.25) is 10.0 Å². The maximum Gasteiger partial charge on any atom is 0.340 e. The lowest BCUT2D eigenvalue weighted by Gasteiger charge is -2.19. The molecule has 3 aromatic rings. The fourth-order valence-electron chi connectivity index (χ4n) is 3.13. The number of halogens is 1. The van der Waals surface area contributed by atoms with Crippen LogP contribution in [0.15, 0.2) is 52.3 Å². The molecule has 31 heavy (non-hydrogen) atoms.